The average Bonchev–Trinajstić information content (AvgIpc) is 2.81. The van der Waals surface area contributed by atoms with Crippen LogP contribution in [-0.2, 0) is 24.2 Å². The van der Waals surface area contributed by atoms with Crippen LogP contribution in [0.1, 0.15) is 48.6 Å². The summed E-state index contributed by atoms with van der Waals surface area (Å²) in [6, 6.07) is 22.0. The summed E-state index contributed by atoms with van der Waals surface area (Å²) in [7, 11) is 0. The first kappa shape index (κ1) is 25.3. The molecule has 0 aliphatic carbocycles. The van der Waals surface area contributed by atoms with Gasteiger partial charge in [-0.3, -0.25) is 4.79 Å². The highest BCUT2D eigenvalue weighted by molar-refractivity contribution is 5.78. The molecule has 3 rings (SSSR count). The molecule has 0 heterocycles. The number of phenolic OH excluding ortho intramolecular Hbond substituents is 2. The van der Waals surface area contributed by atoms with E-state index in [0.717, 1.165) is 29.5 Å². The van der Waals surface area contributed by atoms with Gasteiger partial charge in [0.2, 0.25) is 5.91 Å². The predicted molar refractivity (Wildman–Crippen MR) is 134 cm³/mol. The normalized spacial score (nSPS) is 13.7. The Hall–Kier alpha value is -3.35. The first-order chi connectivity index (χ1) is 16.3. The number of phenols is 2. The van der Waals surface area contributed by atoms with Crippen LogP contribution in [0.15, 0.2) is 72.8 Å². The number of carbonyl (C=O) groups excluding carboxylic acids is 1. The number of aliphatic hydroxyl groups is 1. The molecule has 3 aromatic carbocycles. The maximum absolute atomic E-state index is 12.4. The number of amides is 1. The summed E-state index contributed by atoms with van der Waals surface area (Å²) in [6.45, 7) is 4.96. The molecule has 0 saturated heterocycles. The summed E-state index contributed by atoms with van der Waals surface area (Å²) in [5, 5.41) is 36.3. The summed E-state index contributed by atoms with van der Waals surface area (Å²) in [6.07, 6.45) is 0.994. The van der Waals surface area contributed by atoms with Crippen molar-refractivity contribution in [3.8, 4) is 11.5 Å². The second kappa shape index (κ2) is 11.7. The number of β-amino-alcohol motifs (C(OH)–C–C–N with tert-alkyl or cyclic N) is 1. The molecule has 6 nitrogen and oxygen atoms in total. The van der Waals surface area contributed by atoms with Crippen LogP contribution in [0.25, 0.3) is 0 Å². The predicted octanol–water partition coefficient (Wildman–Crippen LogP) is 3.99. The van der Waals surface area contributed by atoms with E-state index in [1.54, 1.807) is 0 Å². The molecule has 0 spiro atoms. The van der Waals surface area contributed by atoms with Crippen molar-refractivity contribution >= 4 is 5.91 Å². The van der Waals surface area contributed by atoms with Crippen LogP contribution in [0.4, 0.5) is 0 Å². The Morgan fingerprint density at radius 1 is 0.912 bits per heavy atom. The molecule has 34 heavy (non-hydrogen) atoms. The molecule has 0 bridgehead atoms. The number of carbonyl (C=O) groups is 1. The summed E-state index contributed by atoms with van der Waals surface area (Å²) in [4.78, 5) is 12.4. The lowest BCUT2D eigenvalue weighted by molar-refractivity contribution is -0.120. The van der Waals surface area contributed by atoms with Gasteiger partial charge in [0.15, 0.2) is 0 Å². The molecule has 2 unspecified atom stereocenters. The van der Waals surface area contributed by atoms with E-state index in [-0.39, 0.29) is 29.5 Å². The van der Waals surface area contributed by atoms with Crippen LogP contribution in [0, 0.1) is 0 Å². The topological polar surface area (TPSA) is 102 Å². The Kier molecular flexibility index (Phi) is 8.68. The molecule has 0 aliphatic rings. The minimum Gasteiger partial charge on any atom is -0.508 e. The van der Waals surface area contributed by atoms with Gasteiger partial charge in [0.1, 0.15) is 11.5 Å². The Morgan fingerprint density at radius 3 is 2.24 bits per heavy atom. The first-order valence-electron chi connectivity index (χ1n) is 11.6. The SMILES string of the molecule is CCC(C)(Cc1cccc(CC(=O)NCc2ccccc2)c1)NCC(O)c1cc(O)cc(O)c1. The molecule has 180 valence electrons. The fourth-order valence-electron chi connectivity index (χ4n) is 3.93. The highest BCUT2D eigenvalue weighted by Crippen LogP contribution is 2.26. The van der Waals surface area contributed by atoms with Gasteiger partial charge in [-0.25, -0.2) is 0 Å². The second-order valence-corrected chi connectivity index (χ2v) is 9.03. The zero-order chi connectivity index (χ0) is 24.6. The highest BCUT2D eigenvalue weighted by atomic mass is 16.3. The minimum atomic E-state index is -0.872. The number of aromatic hydroxyl groups is 2. The standard InChI is InChI=1S/C28H34N2O4/c1-3-28(2,30-19-26(33)23-14-24(31)16-25(32)15-23)17-22-11-7-10-21(12-22)13-27(34)29-18-20-8-5-4-6-9-20/h4-12,14-16,26,30-33H,3,13,17-19H2,1-2H3,(H,29,34). The Labute approximate surface area is 201 Å². The molecule has 5 N–H and O–H groups in total. The van der Waals surface area contributed by atoms with Crippen molar-refractivity contribution in [3.05, 3.63) is 95.1 Å². The van der Waals surface area contributed by atoms with Gasteiger partial charge in [-0.05, 0) is 54.2 Å². The van der Waals surface area contributed by atoms with Gasteiger partial charge in [-0.1, -0.05) is 61.5 Å². The van der Waals surface area contributed by atoms with Crippen molar-refractivity contribution in [2.45, 2.75) is 51.3 Å². The fraction of sp³-hybridized carbons (Fsp3) is 0.321. The van der Waals surface area contributed by atoms with Crippen molar-refractivity contribution in [2.75, 3.05) is 6.54 Å². The molecule has 6 heteroatoms. The lowest BCUT2D eigenvalue weighted by atomic mass is 9.89. The molecule has 0 radical (unpaired) electrons. The Morgan fingerprint density at radius 2 is 1.56 bits per heavy atom. The van der Waals surface area contributed by atoms with E-state index >= 15 is 0 Å². The van der Waals surface area contributed by atoms with Crippen LogP contribution in [0.3, 0.4) is 0 Å². The number of nitrogens with one attached hydrogen (secondary N) is 2. The van der Waals surface area contributed by atoms with Gasteiger partial charge in [0.05, 0.1) is 12.5 Å². The number of hydrogen-bond donors (Lipinski definition) is 5. The summed E-state index contributed by atoms with van der Waals surface area (Å²) in [5.41, 5.74) is 3.30. The van der Waals surface area contributed by atoms with Crippen LogP contribution in [-0.4, -0.2) is 33.3 Å². The number of aliphatic hydroxyl groups excluding tert-OH is 1. The second-order valence-electron chi connectivity index (χ2n) is 9.03. The maximum Gasteiger partial charge on any atom is 0.224 e. The molecule has 0 saturated carbocycles. The maximum atomic E-state index is 12.4. The van der Waals surface area contributed by atoms with E-state index in [1.165, 1.54) is 18.2 Å². The molecule has 2 atom stereocenters. The lowest BCUT2D eigenvalue weighted by Gasteiger charge is -2.31. The molecule has 1 amide bonds. The smallest absolute Gasteiger partial charge is 0.224 e. The molecule has 0 aromatic heterocycles. The number of benzene rings is 3. The highest BCUT2D eigenvalue weighted by Gasteiger charge is 2.24. The van der Waals surface area contributed by atoms with E-state index in [4.69, 9.17) is 0 Å². The van der Waals surface area contributed by atoms with Crippen molar-refractivity contribution in [2.24, 2.45) is 0 Å². The third-order valence-corrected chi connectivity index (χ3v) is 6.10. The zero-order valence-electron chi connectivity index (χ0n) is 19.8. The quantitative estimate of drug-likeness (QED) is 0.297. The third kappa shape index (κ3) is 7.61. The third-order valence-electron chi connectivity index (χ3n) is 6.10. The fourth-order valence-corrected chi connectivity index (χ4v) is 3.93. The van der Waals surface area contributed by atoms with Gasteiger partial charge in [-0.2, -0.15) is 0 Å². The first-order valence-corrected chi connectivity index (χ1v) is 11.6. The summed E-state index contributed by atoms with van der Waals surface area (Å²) >= 11 is 0. The van der Waals surface area contributed by atoms with E-state index < -0.39 is 6.10 Å². The van der Waals surface area contributed by atoms with Gasteiger partial charge in [-0.15, -0.1) is 0 Å². The number of hydrogen-bond acceptors (Lipinski definition) is 5. The van der Waals surface area contributed by atoms with Crippen LogP contribution < -0.4 is 10.6 Å². The van der Waals surface area contributed by atoms with Gasteiger partial charge < -0.3 is 26.0 Å². The monoisotopic (exact) mass is 462 g/mol. The van der Waals surface area contributed by atoms with E-state index in [9.17, 15) is 20.1 Å². The number of rotatable bonds is 11. The Bertz CT molecular complexity index is 1070. The molecular weight excluding hydrogens is 428 g/mol. The van der Waals surface area contributed by atoms with Crippen molar-refractivity contribution in [1.82, 2.24) is 10.6 Å². The van der Waals surface area contributed by atoms with Crippen molar-refractivity contribution < 1.29 is 20.1 Å². The van der Waals surface area contributed by atoms with Crippen LogP contribution in [0.5, 0.6) is 11.5 Å². The lowest BCUT2D eigenvalue weighted by Crippen LogP contribution is -2.45. The molecular formula is C28H34N2O4. The van der Waals surface area contributed by atoms with E-state index in [2.05, 4.69) is 30.5 Å². The van der Waals surface area contributed by atoms with Gasteiger partial charge >= 0.3 is 0 Å². The minimum absolute atomic E-state index is 0.0186. The summed E-state index contributed by atoms with van der Waals surface area (Å²) in [5.74, 6) is -0.191. The van der Waals surface area contributed by atoms with E-state index in [0.29, 0.717) is 18.5 Å². The largest absolute Gasteiger partial charge is 0.508 e. The van der Waals surface area contributed by atoms with Gasteiger partial charge in [0, 0.05) is 24.7 Å². The van der Waals surface area contributed by atoms with Crippen molar-refractivity contribution in [3.63, 3.8) is 0 Å². The molecule has 0 fully saturated rings. The molecule has 3 aromatic rings. The Balaban J connectivity index is 1.57. The van der Waals surface area contributed by atoms with Crippen LogP contribution >= 0.6 is 0 Å². The van der Waals surface area contributed by atoms with Crippen molar-refractivity contribution in [1.29, 1.82) is 0 Å². The van der Waals surface area contributed by atoms with E-state index in [1.807, 2.05) is 48.5 Å². The molecule has 0 aliphatic heterocycles. The zero-order valence-corrected chi connectivity index (χ0v) is 19.8. The average molecular weight is 463 g/mol. The van der Waals surface area contributed by atoms with Crippen LogP contribution in [0.2, 0.25) is 0 Å². The van der Waals surface area contributed by atoms with Gasteiger partial charge in [0.25, 0.3) is 0 Å². The summed E-state index contributed by atoms with van der Waals surface area (Å²) < 4.78 is 0.